The molecule has 0 saturated carbocycles. The number of nitrogens with zero attached hydrogens (tertiary/aromatic N) is 1. The van der Waals surface area contributed by atoms with E-state index in [1.807, 2.05) is 0 Å². The van der Waals surface area contributed by atoms with E-state index in [1.165, 1.54) is 31.0 Å². The molecular weight excluding hydrogens is 193 g/mol. The molecule has 1 heterocycles. The van der Waals surface area contributed by atoms with Crippen LogP contribution in [0.1, 0.15) is 20.3 Å². The van der Waals surface area contributed by atoms with Crippen LogP contribution in [-0.2, 0) is 0 Å². The van der Waals surface area contributed by atoms with E-state index in [2.05, 4.69) is 41.3 Å². The van der Waals surface area contributed by atoms with Gasteiger partial charge in [-0.25, -0.2) is 0 Å². The first-order valence-electron chi connectivity index (χ1n) is 4.19. The third kappa shape index (κ3) is 3.14. The van der Waals surface area contributed by atoms with Crippen molar-refractivity contribution >= 4 is 29.2 Å². The van der Waals surface area contributed by atoms with Gasteiger partial charge in [-0.3, -0.25) is 4.67 Å². The van der Waals surface area contributed by atoms with Crippen LogP contribution >= 0.6 is 29.2 Å². The minimum atomic E-state index is 0.131. The molecular formula is C7H16NPS2. The van der Waals surface area contributed by atoms with Crippen molar-refractivity contribution in [1.29, 1.82) is 0 Å². The summed E-state index contributed by atoms with van der Waals surface area (Å²) < 4.78 is 2.60. The summed E-state index contributed by atoms with van der Waals surface area (Å²) in [7, 11) is 0. The van der Waals surface area contributed by atoms with Crippen molar-refractivity contribution in [3.05, 3.63) is 0 Å². The molecule has 0 amide bonds. The molecule has 0 radical (unpaired) electrons. The Hall–Kier alpha value is 1.09. The molecule has 1 nitrogen and oxygen atoms in total. The van der Waals surface area contributed by atoms with Gasteiger partial charge in [-0.15, -0.1) is 22.8 Å². The van der Waals surface area contributed by atoms with Crippen LogP contribution in [0.15, 0.2) is 0 Å². The van der Waals surface area contributed by atoms with Crippen molar-refractivity contribution in [1.82, 2.24) is 4.67 Å². The molecule has 1 aliphatic heterocycles. The summed E-state index contributed by atoms with van der Waals surface area (Å²) in [5.41, 5.74) is 0. The molecule has 0 aromatic heterocycles. The Morgan fingerprint density at radius 3 is 2.18 bits per heavy atom. The molecule has 1 aliphatic rings. The van der Waals surface area contributed by atoms with Crippen molar-refractivity contribution in [3.8, 4) is 0 Å². The molecule has 1 fully saturated rings. The van der Waals surface area contributed by atoms with E-state index in [9.17, 15) is 0 Å². The van der Waals surface area contributed by atoms with Crippen LogP contribution in [0.4, 0.5) is 0 Å². The summed E-state index contributed by atoms with van der Waals surface area (Å²) in [5.74, 6) is 2.77. The second-order valence-corrected chi connectivity index (χ2v) is 9.09. The van der Waals surface area contributed by atoms with Crippen molar-refractivity contribution in [2.75, 3.05) is 24.6 Å². The van der Waals surface area contributed by atoms with Crippen molar-refractivity contribution < 1.29 is 0 Å². The molecule has 0 atom stereocenters. The van der Waals surface area contributed by atoms with Crippen molar-refractivity contribution in [2.45, 2.75) is 20.3 Å². The minimum absolute atomic E-state index is 0.131. The van der Waals surface area contributed by atoms with E-state index in [1.54, 1.807) is 0 Å². The summed E-state index contributed by atoms with van der Waals surface area (Å²) >= 11 is 4.35. The summed E-state index contributed by atoms with van der Waals surface area (Å²) in [4.78, 5) is 0. The van der Waals surface area contributed by atoms with E-state index < -0.39 is 0 Å². The fraction of sp³-hybridized carbons (Fsp3) is 1.00. The SMILES string of the molecule is CCN(CC)P1SCCCS1. The molecule has 0 bridgehead atoms. The van der Waals surface area contributed by atoms with Gasteiger partial charge in [0, 0.05) is 24.6 Å². The van der Waals surface area contributed by atoms with E-state index in [0.29, 0.717) is 0 Å². The molecule has 0 aromatic rings. The van der Waals surface area contributed by atoms with Gasteiger partial charge >= 0.3 is 0 Å². The average molecular weight is 209 g/mol. The predicted octanol–water partition coefficient (Wildman–Crippen LogP) is 3.43. The Kier molecular flexibility index (Phi) is 5.26. The minimum Gasteiger partial charge on any atom is -0.266 e. The first-order chi connectivity index (χ1) is 5.38. The van der Waals surface area contributed by atoms with Crippen LogP contribution in [0.3, 0.4) is 0 Å². The Bertz CT molecular complexity index is 103. The van der Waals surface area contributed by atoms with Gasteiger partial charge in [0.05, 0.1) is 6.48 Å². The fourth-order valence-corrected chi connectivity index (χ4v) is 9.22. The van der Waals surface area contributed by atoms with E-state index in [-0.39, 0.29) is 6.48 Å². The maximum Gasteiger partial charge on any atom is 0.0874 e. The normalized spacial score (nSPS) is 21.0. The summed E-state index contributed by atoms with van der Waals surface area (Å²) in [5, 5.41) is 0. The molecule has 4 heteroatoms. The maximum absolute atomic E-state index is 2.60. The van der Waals surface area contributed by atoms with Gasteiger partial charge in [0.15, 0.2) is 0 Å². The van der Waals surface area contributed by atoms with Gasteiger partial charge in [-0.2, -0.15) is 0 Å². The molecule has 0 aromatic carbocycles. The average Bonchev–Trinajstić information content (AvgIpc) is 2.09. The van der Waals surface area contributed by atoms with Crippen LogP contribution in [-0.4, -0.2) is 29.3 Å². The highest BCUT2D eigenvalue weighted by Crippen LogP contribution is 2.65. The van der Waals surface area contributed by atoms with Gasteiger partial charge in [-0.05, 0) is 6.42 Å². The highest BCUT2D eigenvalue weighted by atomic mass is 33.1. The highest BCUT2D eigenvalue weighted by Gasteiger charge is 2.19. The monoisotopic (exact) mass is 209 g/mol. The predicted molar refractivity (Wildman–Crippen MR) is 59.4 cm³/mol. The standard InChI is InChI=1S/C7H16NPS2/c1-3-8(4-2)9-10-6-5-7-11-9/h3-7H2,1-2H3. The van der Waals surface area contributed by atoms with Crippen LogP contribution in [0.5, 0.6) is 0 Å². The Balaban J connectivity index is 2.30. The molecule has 0 spiro atoms. The van der Waals surface area contributed by atoms with Crippen LogP contribution in [0, 0.1) is 0 Å². The lowest BCUT2D eigenvalue weighted by Gasteiger charge is -2.30. The molecule has 0 unspecified atom stereocenters. The lowest BCUT2D eigenvalue weighted by molar-refractivity contribution is 0.520. The van der Waals surface area contributed by atoms with Gasteiger partial charge in [0.2, 0.25) is 0 Å². The van der Waals surface area contributed by atoms with Crippen molar-refractivity contribution in [2.24, 2.45) is 0 Å². The van der Waals surface area contributed by atoms with Crippen molar-refractivity contribution in [3.63, 3.8) is 0 Å². The quantitative estimate of drug-likeness (QED) is 0.656. The van der Waals surface area contributed by atoms with E-state index >= 15 is 0 Å². The summed E-state index contributed by atoms with van der Waals surface area (Å²) in [6, 6.07) is 0. The fourth-order valence-electron chi connectivity index (χ4n) is 0.999. The summed E-state index contributed by atoms with van der Waals surface area (Å²) in [6.07, 6.45) is 1.41. The first kappa shape index (κ1) is 10.2. The second kappa shape index (κ2) is 5.69. The molecule has 0 aliphatic carbocycles. The molecule has 66 valence electrons. The topological polar surface area (TPSA) is 3.24 Å². The smallest absolute Gasteiger partial charge is 0.0874 e. The lowest BCUT2D eigenvalue weighted by Crippen LogP contribution is -2.15. The molecule has 1 rings (SSSR count). The maximum atomic E-state index is 2.60. The molecule has 11 heavy (non-hydrogen) atoms. The third-order valence-corrected chi connectivity index (χ3v) is 9.77. The number of hydrogen-bond acceptors (Lipinski definition) is 3. The van der Waals surface area contributed by atoms with Gasteiger partial charge in [0.25, 0.3) is 0 Å². The molecule has 1 saturated heterocycles. The van der Waals surface area contributed by atoms with Crippen LogP contribution < -0.4 is 0 Å². The zero-order valence-corrected chi connectivity index (χ0v) is 9.77. The Morgan fingerprint density at radius 2 is 1.73 bits per heavy atom. The largest absolute Gasteiger partial charge is 0.266 e. The summed E-state index contributed by atoms with van der Waals surface area (Å²) in [6.45, 7) is 7.11. The lowest BCUT2D eigenvalue weighted by atomic mass is 10.6. The van der Waals surface area contributed by atoms with Crippen LogP contribution in [0.25, 0.3) is 0 Å². The molecule has 0 N–H and O–H groups in total. The second-order valence-electron chi connectivity index (χ2n) is 2.40. The number of rotatable bonds is 3. The van der Waals surface area contributed by atoms with E-state index in [4.69, 9.17) is 0 Å². The van der Waals surface area contributed by atoms with Crippen LogP contribution in [0.2, 0.25) is 0 Å². The van der Waals surface area contributed by atoms with Gasteiger partial charge in [-0.1, -0.05) is 13.8 Å². The highest BCUT2D eigenvalue weighted by molar-refractivity contribution is 8.87. The van der Waals surface area contributed by atoms with Gasteiger partial charge in [0.1, 0.15) is 0 Å². The Morgan fingerprint density at radius 1 is 1.18 bits per heavy atom. The van der Waals surface area contributed by atoms with E-state index in [0.717, 1.165) is 0 Å². The first-order valence-corrected chi connectivity index (χ1v) is 8.67. The zero-order valence-electron chi connectivity index (χ0n) is 7.25. The Labute approximate surface area is 79.0 Å². The number of hydrogen-bond donors (Lipinski definition) is 0. The van der Waals surface area contributed by atoms with Gasteiger partial charge < -0.3 is 0 Å². The zero-order chi connectivity index (χ0) is 8.10. The third-order valence-electron chi connectivity index (χ3n) is 1.65.